The fourth-order valence-corrected chi connectivity index (χ4v) is 6.61. The van der Waals surface area contributed by atoms with Gasteiger partial charge in [-0.3, -0.25) is 9.36 Å². The molecule has 0 saturated heterocycles. The van der Waals surface area contributed by atoms with E-state index in [1.54, 1.807) is 6.08 Å². The molecule has 1 aliphatic rings. The quantitative estimate of drug-likeness (QED) is 0.182. The van der Waals surface area contributed by atoms with Crippen molar-refractivity contribution in [1.82, 2.24) is 14.8 Å². The Morgan fingerprint density at radius 2 is 1.97 bits per heavy atom. The molecule has 10 heteroatoms. The van der Waals surface area contributed by atoms with Crippen molar-refractivity contribution in [2.75, 3.05) is 18.2 Å². The molecular weight excluding hydrogens is 520 g/mol. The number of allylic oxidation sites excluding steroid dienone is 1. The van der Waals surface area contributed by atoms with Gasteiger partial charge < -0.3 is 14.8 Å². The van der Waals surface area contributed by atoms with Crippen LogP contribution >= 0.6 is 23.1 Å². The number of esters is 1. The molecule has 202 valence electrons. The number of para-hydroxylation sites is 1. The number of anilines is 1. The molecule has 1 atom stereocenters. The van der Waals surface area contributed by atoms with Gasteiger partial charge in [-0.1, -0.05) is 48.9 Å². The van der Waals surface area contributed by atoms with Gasteiger partial charge in [-0.05, 0) is 56.7 Å². The molecule has 1 aliphatic carbocycles. The highest BCUT2D eigenvalue weighted by atomic mass is 32.2. The number of carbonyl (C=O) groups is 2. The maximum atomic E-state index is 13.0. The van der Waals surface area contributed by atoms with E-state index in [4.69, 9.17) is 9.47 Å². The summed E-state index contributed by atoms with van der Waals surface area (Å²) in [5, 5.41) is 12.8. The molecule has 0 radical (unpaired) electrons. The average Bonchev–Trinajstić information content (AvgIpc) is 3.44. The third kappa shape index (κ3) is 6.47. The molecule has 38 heavy (non-hydrogen) atoms. The molecule has 0 spiro atoms. The smallest absolute Gasteiger partial charge is 0.341 e. The van der Waals surface area contributed by atoms with Crippen LogP contribution in [0.1, 0.15) is 70.9 Å². The molecule has 0 saturated carbocycles. The molecule has 3 aromatic rings. The minimum atomic E-state index is -0.399. The van der Waals surface area contributed by atoms with Crippen molar-refractivity contribution < 1.29 is 19.1 Å². The van der Waals surface area contributed by atoms with E-state index in [1.807, 2.05) is 42.7 Å². The van der Waals surface area contributed by atoms with Gasteiger partial charge in [-0.15, -0.1) is 28.1 Å². The van der Waals surface area contributed by atoms with Crippen LogP contribution in [0.2, 0.25) is 0 Å². The number of fused-ring (bicyclic) bond motifs is 1. The van der Waals surface area contributed by atoms with E-state index in [2.05, 4.69) is 22.1 Å². The number of ether oxygens (including phenoxy) is 2. The van der Waals surface area contributed by atoms with Crippen molar-refractivity contribution in [1.29, 1.82) is 0 Å². The normalized spacial score (nSPS) is 14.1. The molecule has 0 aliphatic heterocycles. The monoisotopic (exact) mass is 554 g/mol. The van der Waals surface area contributed by atoms with Gasteiger partial charge in [0.1, 0.15) is 10.8 Å². The zero-order valence-corrected chi connectivity index (χ0v) is 23.8. The average molecular weight is 555 g/mol. The van der Waals surface area contributed by atoms with Gasteiger partial charge in [0, 0.05) is 11.4 Å². The lowest BCUT2D eigenvalue weighted by molar-refractivity contribution is -0.113. The first-order valence-corrected chi connectivity index (χ1v) is 14.6. The van der Waals surface area contributed by atoms with Gasteiger partial charge in [0.15, 0.2) is 17.1 Å². The highest BCUT2D eigenvalue weighted by molar-refractivity contribution is 7.99. The third-order valence-electron chi connectivity index (χ3n) is 6.46. The van der Waals surface area contributed by atoms with E-state index in [9.17, 15) is 9.59 Å². The van der Waals surface area contributed by atoms with Crippen LogP contribution in [0, 0.1) is 6.92 Å². The zero-order valence-electron chi connectivity index (χ0n) is 22.1. The Labute approximate surface area is 231 Å². The summed E-state index contributed by atoms with van der Waals surface area (Å²) < 4.78 is 13.1. The number of carbonyl (C=O) groups excluding carboxylic acids is 2. The second-order valence-electron chi connectivity index (χ2n) is 9.22. The summed E-state index contributed by atoms with van der Waals surface area (Å²) >= 11 is 2.78. The first-order valence-electron chi connectivity index (χ1n) is 12.8. The first-order chi connectivity index (χ1) is 18.4. The molecule has 8 nitrogen and oxygen atoms in total. The molecule has 2 aromatic heterocycles. The van der Waals surface area contributed by atoms with E-state index in [1.165, 1.54) is 41.5 Å². The van der Waals surface area contributed by atoms with Crippen molar-refractivity contribution in [3.63, 3.8) is 0 Å². The number of nitrogens with zero attached hydrogens (tertiary/aromatic N) is 3. The number of hydrogen-bond acceptors (Lipinski definition) is 8. The van der Waals surface area contributed by atoms with Crippen molar-refractivity contribution in [2.45, 2.75) is 70.2 Å². The molecule has 2 heterocycles. The Morgan fingerprint density at radius 1 is 1.21 bits per heavy atom. The molecule has 1 amide bonds. The molecule has 4 rings (SSSR count). The van der Waals surface area contributed by atoms with Crippen LogP contribution < -0.4 is 10.1 Å². The van der Waals surface area contributed by atoms with Gasteiger partial charge >= 0.3 is 5.97 Å². The second-order valence-corrected chi connectivity index (χ2v) is 11.3. The fraction of sp³-hybridized carbons (Fsp3) is 0.429. The summed E-state index contributed by atoms with van der Waals surface area (Å²) in [6, 6.07) is 7.82. The maximum Gasteiger partial charge on any atom is 0.341 e. The number of nitrogens with one attached hydrogen (secondary N) is 1. The summed E-state index contributed by atoms with van der Waals surface area (Å²) in [5.41, 5.74) is 2.57. The minimum Gasteiger partial charge on any atom is -0.482 e. The second kappa shape index (κ2) is 13.1. The number of aromatic nitrogens is 3. The van der Waals surface area contributed by atoms with Gasteiger partial charge in [0.05, 0.1) is 18.4 Å². The molecular formula is C28H34N4O4S2. The van der Waals surface area contributed by atoms with E-state index in [0.717, 1.165) is 49.0 Å². The number of aryl methyl sites for hydroxylation is 2. The van der Waals surface area contributed by atoms with Crippen molar-refractivity contribution in [3.8, 4) is 5.75 Å². The first kappa shape index (κ1) is 27.9. The Bertz CT molecular complexity index is 1300. The van der Waals surface area contributed by atoms with Crippen LogP contribution in [0.15, 0.2) is 42.1 Å². The van der Waals surface area contributed by atoms with Crippen LogP contribution in [-0.4, -0.2) is 39.5 Å². The van der Waals surface area contributed by atoms with E-state index in [-0.39, 0.29) is 17.8 Å². The highest BCUT2D eigenvalue weighted by Crippen LogP contribution is 2.38. The predicted molar refractivity (Wildman–Crippen MR) is 151 cm³/mol. The lowest BCUT2D eigenvalue weighted by atomic mass is 9.96. The lowest BCUT2D eigenvalue weighted by Gasteiger charge is -2.17. The molecule has 0 bridgehead atoms. The topological polar surface area (TPSA) is 95.3 Å². The van der Waals surface area contributed by atoms with Crippen molar-refractivity contribution >= 4 is 40.0 Å². The van der Waals surface area contributed by atoms with Gasteiger partial charge in [0.2, 0.25) is 5.91 Å². The van der Waals surface area contributed by atoms with Crippen LogP contribution in [0.3, 0.4) is 0 Å². The van der Waals surface area contributed by atoms with Crippen LogP contribution in [0.4, 0.5) is 5.00 Å². The summed E-state index contributed by atoms with van der Waals surface area (Å²) in [4.78, 5) is 26.8. The number of thioether (sulfide) groups is 1. The molecule has 1 aromatic carbocycles. The minimum absolute atomic E-state index is 0.117. The Morgan fingerprint density at radius 3 is 2.71 bits per heavy atom. The molecule has 1 unspecified atom stereocenters. The van der Waals surface area contributed by atoms with Gasteiger partial charge in [-0.2, -0.15) is 0 Å². The predicted octanol–water partition coefficient (Wildman–Crippen LogP) is 6.15. The summed E-state index contributed by atoms with van der Waals surface area (Å²) in [5.74, 6) is 0.943. The number of rotatable bonds is 10. The standard InChI is InChI=1S/C28H34N4O4S2/c1-5-16-32-25(19(3)36-21-14-11-10-12-18(21)2)30-31-28(32)37-17-23(33)29-26-24(27(34)35-4)20-13-8-6-7-9-15-22(20)38-26/h5,10-12,14,19H,1,6-9,13,15-17H2,2-4H3,(H,29,33). The molecule has 1 N–H and O–H groups in total. The van der Waals surface area contributed by atoms with Crippen LogP contribution in [0.5, 0.6) is 5.75 Å². The number of hydrogen-bond donors (Lipinski definition) is 1. The number of benzene rings is 1. The summed E-state index contributed by atoms with van der Waals surface area (Å²) in [7, 11) is 1.38. The summed E-state index contributed by atoms with van der Waals surface area (Å²) in [6.07, 6.45) is 7.62. The largest absolute Gasteiger partial charge is 0.482 e. The maximum absolute atomic E-state index is 13.0. The van der Waals surface area contributed by atoms with E-state index < -0.39 is 5.97 Å². The van der Waals surface area contributed by atoms with Crippen molar-refractivity contribution in [2.24, 2.45) is 0 Å². The SMILES string of the molecule is C=CCn1c(SCC(=O)Nc2sc3c(c2C(=O)OC)CCCCCC3)nnc1C(C)Oc1ccccc1C. The van der Waals surface area contributed by atoms with E-state index >= 15 is 0 Å². The number of methoxy groups -OCH3 is 1. The Balaban J connectivity index is 1.47. The highest BCUT2D eigenvalue weighted by Gasteiger charge is 2.26. The molecule has 0 fully saturated rings. The Hall–Kier alpha value is -3.11. The fourth-order valence-electron chi connectivity index (χ4n) is 4.56. The Kier molecular flexibility index (Phi) is 9.63. The van der Waals surface area contributed by atoms with Gasteiger partial charge in [0.25, 0.3) is 0 Å². The number of thiophene rings is 1. The zero-order chi connectivity index (χ0) is 27.1. The van der Waals surface area contributed by atoms with Gasteiger partial charge in [-0.25, -0.2) is 4.79 Å². The van der Waals surface area contributed by atoms with Crippen LogP contribution in [-0.2, 0) is 28.9 Å². The lowest BCUT2D eigenvalue weighted by Crippen LogP contribution is -2.17. The number of amides is 1. The summed E-state index contributed by atoms with van der Waals surface area (Å²) in [6.45, 7) is 8.26. The third-order valence-corrected chi connectivity index (χ3v) is 8.64. The van der Waals surface area contributed by atoms with Crippen LogP contribution in [0.25, 0.3) is 0 Å². The van der Waals surface area contributed by atoms with E-state index in [0.29, 0.717) is 28.1 Å². The van der Waals surface area contributed by atoms with Crippen molar-refractivity contribution in [3.05, 3.63) is 64.3 Å².